The molecule has 2 N–H and O–H groups in total. The van der Waals surface area contributed by atoms with Crippen molar-refractivity contribution >= 4 is 11.0 Å². The van der Waals surface area contributed by atoms with Gasteiger partial charge in [-0.2, -0.15) is 0 Å². The van der Waals surface area contributed by atoms with Crippen LogP contribution in [0.5, 0.6) is 0 Å². The molecule has 0 saturated carbocycles. The van der Waals surface area contributed by atoms with E-state index in [4.69, 9.17) is 9.15 Å². The number of rotatable bonds is 4. The van der Waals surface area contributed by atoms with Crippen LogP contribution >= 0.6 is 0 Å². The SMILES string of the molecule is OC1(CNCc2coc3ccccc23)CCOCC1. The van der Waals surface area contributed by atoms with Crippen molar-refractivity contribution in [1.82, 2.24) is 5.32 Å². The summed E-state index contributed by atoms with van der Waals surface area (Å²) >= 11 is 0. The van der Waals surface area contributed by atoms with Crippen LogP contribution in [0.3, 0.4) is 0 Å². The minimum atomic E-state index is -0.627. The molecule has 4 heteroatoms. The molecule has 1 aromatic heterocycles. The summed E-state index contributed by atoms with van der Waals surface area (Å²) in [5, 5.41) is 14.8. The van der Waals surface area contributed by atoms with Gasteiger partial charge in [0.1, 0.15) is 5.58 Å². The average Bonchev–Trinajstić information content (AvgIpc) is 2.83. The van der Waals surface area contributed by atoms with Gasteiger partial charge in [-0.15, -0.1) is 0 Å². The van der Waals surface area contributed by atoms with E-state index in [2.05, 4.69) is 11.4 Å². The van der Waals surface area contributed by atoms with E-state index >= 15 is 0 Å². The van der Waals surface area contributed by atoms with Gasteiger partial charge in [0.25, 0.3) is 0 Å². The lowest BCUT2D eigenvalue weighted by atomic mass is 9.94. The van der Waals surface area contributed by atoms with Crippen LogP contribution in [0.15, 0.2) is 34.9 Å². The first kappa shape index (κ1) is 12.7. The van der Waals surface area contributed by atoms with Gasteiger partial charge in [-0.3, -0.25) is 0 Å². The number of hydrogen-bond donors (Lipinski definition) is 2. The van der Waals surface area contributed by atoms with Crippen molar-refractivity contribution in [3.63, 3.8) is 0 Å². The highest BCUT2D eigenvalue weighted by atomic mass is 16.5. The Morgan fingerprint density at radius 1 is 1.21 bits per heavy atom. The number of ether oxygens (including phenoxy) is 1. The highest BCUT2D eigenvalue weighted by Crippen LogP contribution is 2.22. The maximum Gasteiger partial charge on any atom is 0.134 e. The molecular weight excluding hydrogens is 242 g/mol. The zero-order valence-electron chi connectivity index (χ0n) is 10.9. The van der Waals surface area contributed by atoms with E-state index in [9.17, 15) is 5.11 Å². The third-order valence-electron chi connectivity index (χ3n) is 3.75. The molecule has 1 fully saturated rings. The predicted molar refractivity (Wildman–Crippen MR) is 72.9 cm³/mol. The molecule has 2 aromatic rings. The maximum atomic E-state index is 10.3. The summed E-state index contributed by atoms with van der Waals surface area (Å²) in [5.74, 6) is 0. The average molecular weight is 261 g/mol. The lowest BCUT2D eigenvalue weighted by molar-refractivity contribution is -0.0616. The van der Waals surface area contributed by atoms with E-state index in [1.807, 2.05) is 18.2 Å². The van der Waals surface area contributed by atoms with E-state index in [0.29, 0.717) is 39.1 Å². The summed E-state index contributed by atoms with van der Waals surface area (Å²) in [6, 6.07) is 7.99. The van der Waals surface area contributed by atoms with Crippen LogP contribution in [0, 0.1) is 0 Å². The third kappa shape index (κ3) is 2.81. The van der Waals surface area contributed by atoms with Crippen molar-refractivity contribution in [3.05, 3.63) is 36.1 Å². The van der Waals surface area contributed by atoms with Crippen LogP contribution in [0.4, 0.5) is 0 Å². The number of para-hydroxylation sites is 1. The van der Waals surface area contributed by atoms with Crippen molar-refractivity contribution in [3.8, 4) is 0 Å². The first-order chi connectivity index (χ1) is 9.27. The summed E-state index contributed by atoms with van der Waals surface area (Å²) in [6.45, 7) is 2.59. The number of nitrogens with one attached hydrogen (secondary N) is 1. The smallest absolute Gasteiger partial charge is 0.134 e. The van der Waals surface area contributed by atoms with Crippen LogP contribution < -0.4 is 5.32 Å². The molecule has 1 aliphatic rings. The summed E-state index contributed by atoms with van der Waals surface area (Å²) in [5.41, 5.74) is 1.41. The molecule has 0 bridgehead atoms. The zero-order chi connectivity index (χ0) is 13.1. The fourth-order valence-electron chi connectivity index (χ4n) is 2.53. The van der Waals surface area contributed by atoms with Gasteiger partial charge in [-0.05, 0) is 6.07 Å². The van der Waals surface area contributed by atoms with Gasteiger partial charge < -0.3 is 19.6 Å². The third-order valence-corrected chi connectivity index (χ3v) is 3.75. The van der Waals surface area contributed by atoms with Crippen LogP contribution in [0.1, 0.15) is 18.4 Å². The molecule has 0 unspecified atom stereocenters. The Morgan fingerprint density at radius 3 is 2.84 bits per heavy atom. The molecular formula is C15H19NO3. The molecule has 3 rings (SSSR count). The largest absolute Gasteiger partial charge is 0.464 e. The Morgan fingerprint density at radius 2 is 2.00 bits per heavy atom. The fraction of sp³-hybridized carbons (Fsp3) is 0.467. The second kappa shape index (κ2) is 5.33. The number of fused-ring (bicyclic) bond motifs is 1. The van der Waals surface area contributed by atoms with Gasteiger partial charge >= 0.3 is 0 Å². The monoisotopic (exact) mass is 261 g/mol. The van der Waals surface area contributed by atoms with Gasteiger partial charge in [-0.1, -0.05) is 18.2 Å². The summed E-state index contributed by atoms with van der Waals surface area (Å²) in [6.07, 6.45) is 3.18. The molecule has 19 heavy (non-hydrogen) atoms. The number of furan rings is 1. The van der Waals surface area contributed by atoms with Crippen molar-refractivity contribution in [2.45, 2.75) is 25.0 Å². The summed E-state index contributed by atoms with van der Waals surface area (Å²) in [4.78, 5) is 0. The molecule has 1 saturated heterocycles. The topological polar surface area (TPSA) is 54.6 Å². The lowest BCUT2D eigenvalue weighted by Crippen LogP contribution is -2.44. The number of aliphatic hydroxyl groups is 1. The molecule has 0 atom stereocenters. The zero-order valence-corrected chi connectivity index (χ0v) is 10.9. The van der Waals surface area contributed by atoms with Crippen LogP contribution in [-0.4, -0.2) is 30.5 Å². The summed E-state index contributed by atoms with van der Waals surface area (Å²) < 4.78 is 10.8. The Kier molecular flexibility index (Phi) is 3.55. The number of hydrogen-bond acceptors (Lipinski definition) is 4. The van der Waals surface area contributed by atoms with Crippen LogP contribution in [0.2, 0.25) is 0 Å². The Hall–Kier alpha value is -1.36. The standard InChI is InChI=1S/C15H19NO3/c17-15(5-7-18-8-6-15)11-16-9-12-10-19-14-4-2-1-3-13(12)14/h1-4,10,16-17H,5-9,11H2. The predicted octanol–water partition coefficient (Wildman–Crippen LogP) is 2.06. The van der Waals surface area contributed by atoms with Gasteiger partial charge in [0, 0.05) is 50.1 Å². The van der Waals surface area contributed by atoms with Gasteiger partial charge in [0.05, 0.1) is 11.9 Å². The Balaban J connectivity index is 1.60. The van der Waals surface area contributed by atoms with Crippen molar-refractivity contribution in [2.75, 3.05) is 19.8 Å². The molecule has 1 aromatic carbocycles. The number of benzene rings is 1. The molecule has 102 valence electrons. The highest BCUT2D eigenvalue weighted by molar-refractivity contribution is 5.80. The van der Waals surface area contributed by atoms with E-state index in [1.54, 1.807) is 6.26 Å². The van der Waals surface area contributed by atoms with Crippen molar-refractivity contribution < 1.29 is 14.3 Å². The first-order valence-corrected chi connectivity index (χ1v) is 6.73. The van der Waals surface area contributed by atoms with Crippen LogP contribution in [0.25, 0.3) is 11.0 Å². The first-order valence-electron chi connectivity index (χ1n) is 6.73. The molecule has 2 heterocycles. The van der Waals surface area contributed by atoms with Crippen molar-refractivity contribution in [2.24, 2.45) is 0 Å². The van der Waals surface area contributed by atoms with Gasteiger partial charge in [0.15, 0.2) is 0 Å². The van der Waals surface area contributed by atoms with E-state index in [1.165, 1.54) is 0 Å². The van der Waals surface area contributed by atoms with E-state index < -0.39 is 5.60 Å². The normalized spacial score (nSPS) is 18.8. The molecule has 1 aliphatic heterocycles. The van der Waals surface area contributed by atoms with Gasteiger partial charge in [-0.25, -0.2) is 0 Å². The molecule has 0 radical (unpaired) electrons. The van der Waals surface area contributed by atoms with Gasteiger partial charge in [0.2, 0.25) is 0 Å². The van der Waals surface area contributed by atoms with E-state index in [0.717, 1.165) is 16.5 Å². The molecule has 4 nitrogen and oxygen atoms in total. The minimum absolute atomic E-state index is 0.593. The van der Waals surface area contributed by atoms with Crippen LogP contribution in [-0.2, 0) is 11.3 Å². The fourth-order valence-corrected chi connectivity index (χ4v) is 2.53. The quantitative estimate of drug-likeness (QED) is 0.884. The van der Waals surface area contributed by atoms with Crippen molar-refractivity contribution in [1.29, 1.82) is 0 Å². The minimum Gasteiger partial charge on any atom is -0.464 e. The Labute approximate surface area is 112 Å². The second-order valence-corrected chi connectivity index (χ2v) is 5.20. The Bertz CT molecular complexity index is 543. The molecule has 0 amide bonds. The maximum absolute atomic E-state index is 10.3. The molecule has 0 spiro atoms. The second-order valence-electron chi connectivity index (χ2n) is 5.20. The van der Waals surface area contributed by atoms with E-state index in [-0.39, 0.29) is 0 Å². The molecule has 0 aliphatic carbocycles. The highest BCUT2D eigenvalue weighted by Gasteiger charge is 2.29. The lowest BCUT2D eigenvalue weighted by Gasteiger charge is -2.32. The summed E-state index contributed by atoms with van der Waals surface area (Å²) in [7, 11) is 0.